The molecule has 9 heteroatoms. The number of guanidine groups is 1. The van der Waals surface area contributed by atoms with E-state index in [4.69, 9.17) is 0 Å². The molecule has 0 saturated heterocycles. The van der Waals surface area contributed by atoms with Crippen LogP contribution in [0.4, 0.5) is 13.2 Å². The number of aromatic nitrogens is 2. The second kappa shape index (κ2) is 10.4. The Balaban J connectivity index is 0.00000338. The molecule has 0 aliphatic carbocycles. The molecule has 2 rings (SSSR count). The number of aliphatic imine (C=N–C) groups is 1. The molecule has 1 aromatic heterocycles. The smallest absolute Gasteiger partial charge is 0.357 e. The van der Waals surface area contributed by atoms with Crippen molar-refractivity contribution in [2.45, 2.75) is 26.1 Å². The molecular formula is C17H23F3IN5. The summed E-state index contributed by atoms with van der Waals surface area (Å²) in [5.41, 5.74) is 1.19. The van der Waals surface area contributed by atoms with Crippen molar-refractivity contribution >= 4 is 29.9 Å². The largest absolute Gasteiger partial charge is 0.416 e. The summed E-state index contributed by atoms with van der Waals surface area (Å²) < 4.78 is 39.4. The maximum absolute atomic E-state index is 12.6. The lowest BCUT2D eigenvalue weighted by molar-refractivity contribution is -0.137. The Morgan fingerprint density at radius 3 is 2.38 bits per heavy atom. The van der Waals surface area contributed by atoms with Crippen molar-refractivity contribution in [2.24, 2.45) is 12.0 Å². The molecule has 2 N–H and O–H groups in total. The number of hydrogen-bond donors (Lipinski definition) is 2. The molecule has 144 valence electrons. The summed E-state index contributed by atoms with van der Waals surface area (Å²) in [5, 5.41) is 10.4. The number of alkyl halides is 3. The van der Waals surface area contributed by atoms with Gasteiger partial charge in [-0.1, -0.05) is 12.1 Å². The van der Waals surface area contributed by atoms with Crippen molar-refractivity contribution in [1.82, 2.24) is 20.4 Å². The molecule has 0 unspecified atom stereocenters. The van der Waals surface area contributed by atoms with Gasteiger partial charge in [0.25, 0.3) is 0 Å². The summed E-state index contributed by atoms with van der Waals surface area (Å²) in [5.74, 6) is 0.631. The lowest BCUT2D eigenvalue weighted by Crippen LogP contribution is -2.38. The predicted octanol–water partition coefficient (Wildman–Crippen LogP) is 3.35. The van der Waals surface area contributed by atoms with Crippen molar-refractivity contribution < 1.29 is 13.2 Å². The second-order valence-corrected chi connectivity index (χ2v) is 5.59. The fourth-order valence-electron chi connectivity index (χ4n) is 2.24. The first kappa shape index (κ1) is 22.3. The van der Waals surface area contributed by atoms with Crippen molar-refractivity contribution in [3.8, 4) is 0 Å². The molecular weight excluding hydrogens is 458 g/mol. The first-order valence-corrected chi connectivity index (χ1v) is 8.04. The molecule has 0 spiro atoms. The van der Waals surface area contributed by atoms with Crippen LogP contribution in [0, 0.1) is 0 Å². The van der Waals surface area contributed by atoms with Crippen LogP contribution in [-0.2, 0) is 26.2 Å². The molecule has 26 heavy (non-hydrogen) atoms. The number of nitrogens with zero attached hydrogens (tertiary/aromatic N) is 3. The maximum Gasteiger partial charge on any atom is 0.416 e. The van der Waals surface area contributed by atoms with Gasteiger partial charge in [-0.25, -0.2) is 4.99 Å². The van der Waals surface area contributed by atoms with Gasteiger partial charge in [-0.05, 0) is 36.6 Å². The maximum atomic E-state index is 12.6. The highest BCUT2D eigenvalue weighted by Crippen LogP contribution is 2.29. The number of rotatable bonds is 6. The van der Waals surface area contributed by atoms with Gasteiger partial charge in [0.05, 0.1) is 18.3 Å². The first-order chi connectivity index (χ1) is 11.9. The van der Waals surface area contributed by atoms with E-state index in [-0.39, 0.29) is 24.0 Å². The molecule has 0 bridgehead atoms. The Bertz CT molecular complexity index is 695. The van der Waals surface area contributed by atoms with Gasteiger partial charge in [0.2, 0.25) is 0 Å². The Hall–Kier alpha value is -1.78. The number of nitrogens with one attached hydrogen (secondary N) is 2. The van der Waals surface area contributed by atoms with Crippen molar-refractivity contribution in [3.05, 3.63) is 53.3 Å². The summed E-state index contributed by atoms with van der Waals surface area (Å²) in [4.78, 5) is 4.40. The molecule has 5 nitrogen and oxygen atoms in total. The lowest BCUT2D eigenvalue weighted by atomic mass is 10.1. The van der Waals surface area contributed by atoms with Gasteiger partial charge >= 0.3 is 6.18 Å². The zero-order valence-electron chi connectivity index (χ0n) is 14.7. The van der Waals surface area contributed by atoms with E-state index in [0.29, 0.717) is 25.6 Å². The van der Waals surface area contributed by atoms with Gasteiger partial charge in [-0.3, -0.25) is 4.68 Å². The van der Waals surface area contributed by atoms with E-state index in [1.165, 1.54) is 12.1 Å². The molecule has 0 aliphatic rings. The zero-order valence-corrected chi connectivity index (χ0v) is 17.0. The van der Waals surface area contributed by atoms with Crippen LogP contribution in [0.15, 0.2) is 41.7 Å². The molecule has 0 aliphatic heterocycles. The Labute approximate surface area is 168 Å². The molecule has 0 radical (unpaired) electrons. The summed E-state index contributed by atoms with van der Waals surface area (Å²) in [6, 6.07) is 5.05. The van der Waals surface area contributed by atoms with Crippen LogP contribution >= 0.6 is 24.0 Å². The minimum Gasteiger partial charge on any atom is -0.357 e. The average Bonchev–Trinajstić information content (AvgIpc) is 2.97. The quantitative estimate of drug-likeness (QED) is 0.378. The molecule has 0 fully saturated rings. The van der Waals surface area contributed by atoms with Gasteiger partial charge in [0.1, 0.15) is 0 Å². The normalized spacial score (nSPS) is 11.8. The number of hydrogen-bond acceptors (Lipinski definition) is 2. The van der Waals surface area contributed by atoms with E-state index in [9.17, 15) is 13.2 Å². The third-order valence-corrected chi connectivity index (χ3v) is 3.51. The van der Waals surface area contributed by atoms with E-state index >= 15 is 0 Å². The molecule has 1 heterocycles. The van der Waals surface area contributed by atoms with E-state index in [0.717, 1.165) is 29.7 Å². The number of halogens is 4. The summed E-state index contributed by atoms with van der Waals surface area (Å²) in [6.07, 6.45) is 0.255. The van der Waals surface area contributed by atoms with Crippen LogP contribution in [0.25, 0.3) is 0 Å². The van der Waals surface area contributed by atoms with Gasteiger partial charge in [-0.15, -0.1) is 24.0 Å². The average molecular weight is 481 g/mol. The number of aryl methyl sites for hydroxylation is 1. The minimum atomic E-state index is -4.31. The van der Waals surface area contributed by atoms with Crippen molar-refractivity contribution in [3.63, 3.8) is 0 Å². The van der Waals surface area contributed by atoms with Crippen LogP contribution in [-0.4, -0.2) is 28.8 Å². The molecule has 0 atom stereocenters. The molecule has 1 aromatic carbocycles. The SMILES string of the molecule is CCNC(=NCc1ccc(C(F)(F)F)cc1)NCCc1cnn(C)c1.I. The number of benzene rings is 1. The minimum absolute atomic E-state index is 0. The van der Waals surface area contributed by atoms with Crippen LogP contribution in [0.2, 0.25) is 0 Å². The van der Waals surface area contributed by atoms with Crippen LogP contribution in [0.1, 0.15) is 23.6 Å². The molecule has 0 saturated carbocycles. The van der Waals surface area contributed by atoms with E-state index < -0.39 is 11.7 Å². The highest BCUT2D eigenvalue weighted by molar-refractivity contribution is 14.0. The third kappa shape index (κ3) is 7.22. The highest BCUT2D eigenvalue weighted by atomic mass is 127. The van der Waals surface area contributed by atoms with E-state index in [1.807, 2.05) is 26.4 Å². The topological polar surface area (TPSA) is 54.2 Å². The Kier molecular flexibility index (Phi) is 8.89. The van der Waals surface area contributed by atoms with E-state index in [1.54, 1.807) is 4.68 Å². The second-order valence-electron chi connectivity index (χ2n) is 5.59. The molecule has 2 aromatic rings. The Morgan fingerprint density at radius 1 is 1.15 bits per heavy atom. The van der Waals surface area contributed by atoms with Crippen LogP contribution in [0.3, 0.4) is 0 Å². The van der Waals surface area contributed by atoms with Crippen LogP contribution < -0.4 is 10.6 Å². The van der Waals surface area contributed by atoms with Crippen molar-refractivity contribution in [1.29, 1.82) is 0 Å². The highest BCUT2D eigenvalue weighted by Gasteiger charge is 2.29. The van der Waals surface area contributed by atoms with Crippen LogP contribution in [0.5, 0.6) is 0 Å². The van der Waals surface area contributed by atoms with Gasteiger partial charge in [-0.2, -0.15) is 18.3 Å². The molecule has 0 amide bonds. The summed E-state index contributed by atoms with van der Waals surface area (Å²) in [6.45, 7) is 3.65. The summed E-state index contributed by atoms with van der Waals surface area (Å²) >= 11 is 0. The first-order valence-electron chi connectivity index (χ1n) is 8.04. The fourth-order valence-corrected chi connectivity index (χ4v) is 2.24. The monoisotopic (exact) mass is 481 g/mol. The predicted molar refractivity (Wildman–Crippen MR) is 107 cm³/mol. The van der Waals surface area contributed by atoms with Gasteiger partial charge in [0.15, 0.2) is 5.96 Å². The van der Waals surface area contributed by atoms with E-state index in [2.05, 4.69) is 20.7 Å². The third-order valence-electron chi connectivity index (χ3n) is 3.51. The van der Waals surface area contributed by atoms with Gasteiger partial charge < -0.3 is 10.6 Å². The van der Waals surface area contributed by atoms with Gasteiger partial charge in [0, 0.05) is 26.3 Å². The van der Waals surface area contributed by atoms with Crippen molar-refractivity contribution in [2.75, 3.05) is 13.1 Å². The Morgan fingerprint density at radius 2 is 1.85 bits per heavy atom. The standard InChI is InChI=1S/C17H22F3N5.HI/c1-3-21-16(22-9-8-14-11-24-25(2)12-14)23-10-13-4-6-15(7-5-13)17(18,19)20;/h4-7,11-12H,3,8-10H2,1-2H3,(H2,21,22,23);1H. The summed E-state index contributed by atoms with van der Waals surface area (Å²) in [7, 11) is 1.87. The fraction of sp³-hybridized carbons (Fsp3) is 0.412. The zero-order chi connectivity index (χ0) is 18.3. The lowest BCUT2D eigenvalue weighted by Gasteiger charge is -2.11.